The molecule has 0 aliphatic heterocycles. The fraction of sp³-hybridized carbons (Fsp3) is 0.250. The minimum Gasteiger partial charge on any atom is -0.326 e. The number of carbonyl (C=O) groups excluding carboxylic acids is 2. The Labute approximate surface area is 89.5 Å². The molecule has 1 amide bonds. The van der Waals surface area contributed by atoms with Gasteiger partial charge in [0.25, 0.3) is 0 Å². The van der Waals surface area contributed by atoms with Crippen molar-refractivity contribution in [3.05, 3.63) is 36.2 Å². The van der Waals surface area contributed by atoms with Crippen molar-refractivity contribution in [1.82, 2.24) is 0 Å². The van der Waals surface area contributed by atoms with Gasteiger partial charge in [-0.05, 0) is 12.1 Å². The molecule has 0 heterocycles. The van der Waals surface area contributed by atoms with Gasteiger partial charge in [-0.2, -0.15) is 0 Å². The Hall–Kier alpha value is -1.64. The molecular weight excluding hydrogens is 190 g/mol. The highest BCUT2D eigenvalue weighted by atomic mass is 16.1. The summed E-state index contributed by atoms with van der Waals surface area (Å²) in [4.78, 5) is 22.5. The van der Waals surface area contributed by atoms with Gasteiger partial charge in [0.1, 0.15) is 0 Å². The molecule has 1 rings (SSSR count). The zero-order valence-electron chi connectivity index (χ0n) is 8.91. The summed E-state index contributed by atoms with van der Waals surface area (Å²) in [5, 5.41) is 2.71. The highest BCUT2D eigenvalue weighted by Gasteiger charge is 2.04. The molecule has 15 heavy (non-hydrogen) atoms. The van der Waals surface area contributed by atoms with Crippen LogP contribution in [0.1, 0.15) is 30.6 Å². The highest BCUT2D eigenvalue weighted by Crippen LogP contribution is 2.12. The summed E-state index contributed by atoms with van der Waals surface area (Å²) in [6.45, 7) is 3.48. The van der Waals surface area contributed by atoms with Crippen LogP contribution in [0, 0.1) is 6.42 Å². The molecule has 1 N–H and O–H groups in total. The molecule has 79 valence electrons. The Bertz CT molecular complexity index is 372. The third-order valence-corrected chi connectivity index (χ3v) is 2.01. The first-order valence-corrected chi connectivity index (χ1v) is 4.91. The summed E-state index contributed by atoms with van der Waals surface area (Å²) in [6, 6.07) is 6.92. The van der Waals surface area contributed by atoms with Crippen LogP contribution in [0.3, 0.4) is 0 Å². The molecular formula is C12H14NO2. The standard InChI is InChI=1S/C12H14NO2/c1-3-11(14)9-6-5-7-10(8-9)13-12(15)4-2/h3,5-8H,4H2,1-2H3,(H,13,15). The SMILES string of the molecule is C[CH]C(=O)c1cccc(NC(=O)CC)c1. The van der Waals surface area contributed by atoms with E-state index in [2.05, 4.69) is 5.32 Å². The number of rotatable bonds is 4. The van der Waals surface area contributed by atoms with Crippen LogP contribution in [0.25, 0.3) is 0 Å². The van der Waals surface area contributed by atoms with Crippen molar-refractivity contribution in [3.8, 4) is 0 Å². The van der Waals surface area contributed by atoms with Crippen LogP contribution in [0.2, 0.25) is 0 Å². The topological polar surface area (TPSA) is 46.2 Å². The van der Waals surface area contributed by atoms with Crippen molar-refractivity contribution in [2.45, 2.75) is 20.3 Å². The zero-order chi connectivity index (χ0) is 11.3. The van der Waals surface area contributed by atoms with E-state index in [0.29, 0.717) is 17.7 Å². The van der Waals surface area contributed by atoms with Gasteiger partial charge in [-0.1, -0.05) is 26.0 Å². The number of nitrogens with one attached hydrogen (secondary N) is 1. The number of carbonyl (C=O) groups is 2. The van der Waals surface area contributed by atoms with E-state index in [1.54, 1.807) is 38.1 Å². The first-order valence-electron chi connectivity index (χ1n) is 4.91. The second kappa shape index (κ2) is 5.29. The van der Waals surface area contributed by atoms with Gasteiger partial charge in [-0.25, -0.2) is 0 Å². The number of anilines is 1. The largest absolute Gasteiger partial charge is 0.326 e. The van der Waals surface area contributed by atoms with Gasteiger partial charge < -0.3 is 5.32 Å². The Morgan fingerprint density at radius 1 is 1.40 bits per heavy atom. The fourth-order valence-electron chi connectivity index (χ4n) is 1.17. The number of benzene rings is 1. The molecule has 0 aliphatic carbocycles. The zero-order valence-corrected chi connectivity index (χ0v) is 8.91. The highest BCUT2D eigenvalue weighted by molar-refractivity contribution is 6.03. The van der Waals surface area contributed by atoms with Crippen LogP contribution < -0.4 is 5.32 Å². The van der Waals surface area contributed by atoms with E-state index in [4.69, 9.17) is 0 Å². The summed E-state index contributed by atoms with van der Waals surface area (Å²) in [7, 11) is 0. The smallest absolute Gasteiger partial charge is 0.224 e. The lowest BCUT2D eigenvalue weighted by Crippen LogP contribution is -2.10. The molecule has 1 aromatic rings. The third kappa shape index (κ3) is 3.20. The molecule has 0 spiro atoms. The molecule has 3 heteroatoms. The van der Waals surface area contributed by atoms with Crippen LogP contribution in [0.15, 0.2) is 24.3 Å². The van der Waals surface area contributed by atoms with Crippen LogP contribution >= 0.6 is 0 Å². The summed E-state index contributed by atoms with van der Waals surface area (Å²) in [5.74, 6) is -0.0947. The van der Waals surface area contributed by atoms with Crippen LogP contribution in [-0.4, -0.2) is 11.7 Å². The molecule has 0 aliphatic rings. The van der Waals surface area contributed by atoms with Gasteiger partial charge in [-0.3, -0.25) is 9.59 Å². The molecule has 0 bridgehead atoms. The second-order valence-corrected chi connectivity index (χ2v) is 3.14. The van der Waals surface area contributed by atoms with Gasteiger partial charge >= 0.3 is 0 Å². The number of ketones is 1. The van der Waals surface area contributed by atoms with Crippen LogP contribution in [0.4, 0.5) is 5.69 Å². The predicted octanol–water partition coefficient (Wildman–Crippen LogP) is 2.44. The van der Waals surface area contributed by atoms with E-state index >= 15 is 0 Å². The number of hydrogen-bond donors (Lipinski definition) is 1. The number of hydrogen-bond acceptors (Lipinski definition) is 2. The van der Waals surface area contributed by atoms with E-state index < -0.39 is 0 Å². The maximum atomic E-state index is 11.4. The lowest BCUT2D eigenvalue weighted by Gasteiger charge is -2.04. The average Bonchev–Trinajstić information content (AvgIpc) is 2.28. The molecule has 0 unspecified atom stereocenters. The predicted molar refractivity (Wildman–Crippen MR) is 59.7 cm³/mol. The van der Waals surface area contributed by atoms with Gasteiger partial charge in [0.05, 0.1) is 0 Å². The minimum atomic E-state index is -0.0555. The fourth-order valence-corrected chi connectivity index (χ4v) is 1.17. The number of amides is 1. The molecule has 1 radical (unpaired) electrons. The van der Waals surface area contributed by atoms with Gasteiger partial charge in [0.15, 0.2) is 5.78 Å². The maximum absolute atomic E-state index is 11.4. The van der Waals surface area contributed by atoms with E-state index in [1.165, 1.54) is 6.42 Å². The quantitative estimate of drug-likeness (QED) is 0.766. The summed E-state index contributed by atoms with van der Waals surface area (Å²) < 4.78 is 0. The summed E-state index contributed by atoms with van der Waals surface area (Å²) in [5.41, 5.74) is 1.25. The van der Waals surface area contributed by atoms with Crippen molar-refractivity contribution >= 4 is 17.4 Å². The second-order valence-electron chi connectivity index (χ2n) is 3.14. The molecule has 0 atom stereocenters. The van der Waals surface area contributed by atoms with Crippen LogP contribution in [0.5, 0.6) is 0 Å². The van der Waals surface area contributed by atoms with Crippen molar-refractivity contribution < 1.29 is 9.59 Å². The van der Waals surface area contributed by atoms with Crippen LogP contribution in [-0.2, 0) is 4.79 Å². The molecule has 3 nitrogen and oxygen atoms in total. The first kappa shape index (κ1) is 11.4. The Morgan fingerprint density at radius 2 is 2.13 bits per heavy atom. The van der Waals surface area contributed by atoms with Gasteiger partial charge in [0.2, 0.25) is 5.91 Å². The molecule has 0 fully saturated rings. The van der Waals surface area contributed by atoms with E-state index in [0.717, 1.165) is 0 Å². The van der Waals surface area contributed by atoms with Gasteiger partial charge in [-0.15, -0.1) is 0 Å². The van der Waals surface area contributed by atoms with Crippen molar-refractivity contribution in [3.63, 3.8) is 0 Å². The molecule has 0 saturated heterocycles. The van der Waals surface area contributed by atoms with Crippen molar-refractivity contribution in [2.24, 2.45) is 0 Å². The monoisotopic (exact) mass is 204 g/mol. The van der Waals surface area contributed by atoms with Crippen molar-refractivity contribution in [2.75, 3.05) is 5.32 Å². The van der Waals surface area contributed by atoms with Gasteiger partial charge in [0, 0.05) is 24.1 Å². The molecule has 0 aromatic heterocycles. The lowest BCUT2D eigenvalue weighted by atomic mass is 10.1. The Balaban J connectivity index is 2.83. The number of Topliss-reactive ketones (excluding diaryl/α,β-unsaturated/α-hetero) is 1. The summed E-state index contributed by atoms with van der Waals surface area (Å²) >= 11 is 0. The molecule has 0 saturated carbocycles. The average molecular weight is 204 g/mol. The van der Waals surface area contributed by atoms with E-state index in [9.17, 15) is 9.59 Å². The summed E-state index contributed by atoms with van der Waals surface area (Å²) in [6.07, 6.45) is 1.93. The minimum absolute atomic E-state index is 0.0393. The molecule has 1 aromatic carbocycles. The normalized spacial score (nSPS) is 9.73. The Morgan fingerprint density at radius 3 is 2.73 bits per heavy atom. The van der Waals surface area contributed by atoms with E-state index in [-0.39, 0.29) is 11.7 Å². The third-order valence-electron chi connectivity index (χ3n) is 2.01. The lowest BCUT2D eigenvalue weighted by molar-refractivity contribution is -0.115. The maximum Gasteiger partial charge on any atom is 0.224 e. The van der Waals surface area contributed by atoms with Crippen molar-refractivity contribution in [1.29, 1.82) is 0 Å². The first-order chi connectivity index (χ1) is 7.17. The van der Waals surface area contributed by atoms with E-state index in [1.807, 2.05) is 0 Å². The Kier molecular flexibility index (Phi) is 4.03.